The van der Waals surface area contributed by atoms with Gasteiger partial charge in [-0.2, -0.15) is 0 Å². The molecule has 0 saturated carbocycles. The molecule has 0 radical (unpaired) electrons. The van der Waals surface area contributed by atoms with Crippen LogP contribution in [0, 0.1) is 32.6 Å². The van der Waals surface area contributed by atoms with Crippen molar-refractivity contribution in [1.29, 1.82) is 0 Å². The first-order chi connectivity index (χ1) is 18.4. The summed E-state index contributed by atoms with van der Waals surface area (Å²) in [5, 5.41) is 3.90. The average Bonchev–Trinajstić information content (AvgIpc) is 3.27. The van der Waals surface area contributed by atoms with Crippen molar-refractivity contribution < 1.29 is 0 Å². The van der Waals surface area contributed by atoms with Gasteiger partial charge in [0.05, 0.1) is 16.9 Å². The van der Waals surface area contributed by atoms with Crippen molar-refractivity contribution in [2.45, 2.75) is 87.0 Å². The smallest absolute Gasteiger partial charge is 0.145 e. The highest BCUT2D eigenvalue weighted by molar-refractivity contribution is 6.13. The summed E-state index contributed by atoms with van der Waals surface area (Å²) >= 11 is 0. The second-order valence-electron chi connectivity index (χ2n) is 11.4. The van der Waals surface area contributed by atoms with Gasteiger partial charge in [-0.15, -0.1) is 0 Å². The summed E-state index contributed by atoms with van der Waals surface area (Å²) in [5.41, 5.74) is 11.7. The summed E-state index contributed by atoms with van der Waals surface area (Å²) in [4.78, 5) is 5.23. The highest BCUT2D eigenvalue weighted by atomic mass is 15.0. The monoisotopic (exact) mass is 504 g/mol. The number of aromatic nitrogens is 2. The molecular weight excluding hydrogens is 460 g/mol. The molecule has 198 valence electrons. The molecule has 0 atom stereocenters. The summed E-state index contributed by atoms with van der Waals surface area (Å²) < 4.78 is 2.49. The SMILES string of the molecule is CCC(CC)Cc1cc2c3ccccc3c3nc(C)c(-c4c(C)cccc4C)n3c2cc1CC(CC)CC. The largest absolute Gasteiger partial charge is 0.291 e. The molecule has 0 unspecified atom stereocenters. The van der Waals surface area contributed by atoms with Crippen molar-refractivity contribution in [2.24, 2.45) is 11.8 Å². The van der Waals surface area contributed by atoms with Gasteiger partial charge in [0, 0.05) is 16.3 Å². The third-order valence-corrected chi connectivity index (χ3v) is 9.11. The molecule has 0 aliphatic carbocycles. The maximum atomic E-state index is 5.23. The molecule has 0 aliphatic heterocycles. The summed E-state index contributed by atoms with van der Waals surface area (Å²) in [7, 11) is 0. The van der Waals surface area contributed by atoms with Gasteiger partial charge in [-0.1, -0.05) is 95.8 Å². The van der Waals surface area contributed by atoms with Crippen LogP contribution in [0.2, 0.25) is 0 Å². The summed E-state index contributed by atoms with van der Waals surface area (Å²) in [5.74, 6) is 1.44. The van der Waals surface area contributed by atoms with Crippen molar-refractivity contribution in [3.63, 3.8) is 0 Å². The van der Waals surface area contributed by atoms with Gasteiger partial charge in [0.1, 0.15) is 5.65 Å². The van der Waals surface area contributed by atoms with E-state index in [1.165, 1.54) is 75.3 Å². The Hall–Kier alpha value is -3.13. The van der Waals surface area contributed by atoms with Crippen LogP contribution >= 0.6 is 0 Å². The van der Waals surface area contributed by atoms with Crippen molar-refractivity contribution in [3.05, 3.63) is 82.5 Å². The van der Waals surface area contributed by atoms with E-state index in [0.29, 0.717) is 5.92 Å². The fraction of sp³-hybridized carbons (Fsp3) is 0.417. The van der Waals surface area contributed by atoms with E-state index in [9.17, 15) is 0 Å². The van der Waals surface area contributed by atoms with Gasteiger partial charge in [0.15, 0.2) is 0 Å². The molecule has 5 aromatic rings. The number of hydrogen-bond donors (Lipinski definition) is 0. The zero-order valence-electron chi connectivity index (χ0n) is 24.5. The maximum Gasteiger partial charge on any atom is 0.145 e. The van der Waals surface area contributed by atoms with Crippen LogP contribution in [0.15, 0.2) is 54.6 Å². The lowest BCUT2D eigenvalue weighted by molar-refractivity contribution is 0.472. The third-order valence-electron chi connectivity index (χ3n) is 9.11. The number of nitrogens with zero attached hydrogens (tertiary/aromatic N) is 2. The highest BCUT2D eigenvalue weighted by Gasteiger charge is 2.22. The molecule has 38 heavy (non-hydrogen) atoms. The molecular formula is C36H44N2. The average molecular weight is 505 g/mol. The Balaban J connectivity index is 1.93. The number of pyridine rings is 1. The molecule has 0 spiro atoms. The lowest BCUT2D eigenvalue weighted by Crippen LogP contribution is -2.09. The molecule has 0 saturated heterocycles. The molecule has 2 heteroatoms. The van der Waals surface area contributed by atoms with E-state index in [2.05, 4.69) is 107 Å². The van der Waals surface area contributed by atoms with E-state index >= 15 is 0 Å². The molecule has 2 nitrogen and oxygen atoms in total. The standard InChI is InChI=1S/C36H44N2/c1-8-26(9-2)19-28-21-32-30-17-12-13-18-31(30)36-37-25(7)35(34-23(5)15-14-16-24(34)6)38(36)33(32)22-29(28)20-27(10-3)11-4/h12-18,21-22,26-27H,8-11,19-20H2,1-7H3. The van der Waals surface area contributed by atoms with E-state index < -0.39 is 0 Å². The predicted molar refractivity (Wildman–Crippen MR) is 165 cm³/mol. The number of aryl methyl sites for hydroxylation is 3. The molecule has 0 fully saturated rings. The Labute approximate surface area is 229 Å². The first kappa shape index (κ1) is 26.5. The molecule has 3 aromatic carbocycles. The molecule has 5 rings (SSSR count). The molecule has 0 amide bonds. The van der Waals surface area contributed by atoms with Crippen LogP contribution in [-0.2, 0) is 12.8 Å². The van der Waals surface area contributed by atoms with Crippen LogP contribution in [0.25, 0.3) is 38.6 Å². The minimum absolute atomic E-state index is 0.714. The van der Waals surface area contributed by atoms with Gasteiger partial charge in [-0.3, -0.25) is 4.40 Å². The lowest BCUT2D eigenvalue weighted by atomic mass is 9.85. The summed E-state index contributed by atoms with van der Waals surface area (Å²) in [6.45, 7) is 16.0. The highest BCUT2D eigenvalue weighted by Crippen LogP contribution is 2.39. The first-order valence-electron chi connectivity index (χ1n) is 14.8. The van der Waals surface area contributed by atoms with Crippen LogP contribution in [0.5, 0.6) is 0 Å². The van der Waals surface area contributed by atoms with E-state index in [1.54, 1.807) is 5.56 Å². The zero-order chi connectivity index (χ0) is 27.0. The van der Waals surface area contributed by atoms with Crippen LogP contribution in [0.4, 0.5) is 0 Å². The Morgan fingerprint density at radius 2 is 1.21 bits per heavy atom. The number of benzene rings is 3. The Morgan fingerprint density at radius 3 is 1.79 bits per heavy atom. The Morgan fingerprint density at radius 1 is 0.658 bits per heavy atom. The number of rotatable bonds is 9. The molecule has 0 N–H and O–H groups in total. The Kier molecular flexibility index (Phi) is 7.61. The van der Waals surface area contributed by atoms with Gasteiger partial charge in [0.2, 0.25) is 0 Å². The van der Waals surface area contributed by atoms with Gasteiger partial charge >= 0.3 is 0 Å². The second-order valence-corrected chi connectivity index (χ2v) is 11.4. The van der Waals surface area contributed by atoms with Gasteiger partial charge in [0.25, 0.3) is 0 Å². The van der Waals surface area contributed by atoms with Gasteiger partial charge < -0.3 is 0 Å². The fourth-order valence-corrected chi connectivity index (χ4v) is 6.57. The number of hydrogen-bond acceptors (Lipinski definition) is 1. The maximum absolute atomic E-state index is 5.23. The van der Waals surface area contributed by atoms with Gasteiger partial charge in [-0.25, -0.2) is 4.98 Å². The molecule has 0 bridgehead atoms. The van der Waals surface area contributed by atoms with E-state index in [4.69, 9.17) is 4.98 Å². The normalized spacial score (nSPS) is 12.1. The topological polar surface area (TPSA) is 17.3 Å². The minimum Gasteiger partial charge on any atom is -0.291 e. The van der Waals surface area contributed by atoms with Crippen LogP contribution in [-0.4, -0.2) is 9.38 Å². The van der Waals surface area contributed by atoms with Crippen molar-refractivity contribution in [3.8, 4) is 11.3 Å². The van der Waals surface area contributed by atoms with E-state index in [1.807, 2.05) is 0 Å². The predicted octanol–water partition coefficient (Wildman–Crippen LogP) is 10.2. The quantitative estimate of drug-likeness (QED) is 0.182. The van der Waals surface area contributed by atoms with Crippen LogP contribution < -0.4 is 0 Å². The van der Waals surface area contributed by atoms with Crippen LogP contribution in [0.1, 0.15) is 81.3 Å². The first-order valence-corrected chi connectivity index (χ1v) is 14.8. The van der Waals surface area contributed by atoms with Crippen molar-refractivity contribution >= 4 is 27.3 Å². The molecule has 2 aromatic heterocycles. The van der Waals surface area contributed by atoms with E-state index in [0.717, 1.165) is 30.1 Å². The van der Waals surface area contributed by atoms with Gasteiger partial charge in [-0.05, 0) is 85.2 Å². The number of fused-ring (bicyclic) bond motifs is 6. The second kappa shape index (κ2) is 10.9. The van der Waals surface area contributed by atoms with Crippen molar-refractivity contribution in [2.75, 3.05) is 0 Å². The molecule has 2 heterocycles. The third kappa shape index (κ3) is 4.53. The van der Waals surface area contributed by atoms with Crippen LogP contribution in [0.3, 0.4) is 0 Å². The zero-order valence-corrected chi connectivity index (χ0v) is 24.5. The fourth-order valence-electron chi connectivity index (χ4n) is 6.57. The van der Waals surface area contributed by atoms with Crippen molar-refractivity contribution in [1.82, 2.24) is 9.38 Å². The van der Waals surface area contributed by atoms with E-state index in [-0.39, 0.29) is 0 Å². The molecule has 0 aliphatic rings. The Bertz CT molecular complexity index is 1580. The summed E-state index contributed by atoms with van der Waals surface area (Å²) in [6, 6.07) is 20.6. The summed E-state index contributed by atoms with van der Waals surface area (Å²) in [6.07, 6.45) is 7.23. The lowest BCUT2D eigenvalue weighted by Gasteiger charge is -2.21. The number of imidazole rings is 1. The minimum atomic E-state index is 0.714.